The highest BCUT2D eigenvalue weighted by Gasteiger charge is 2.48. The van der Waals surface area contributed by atoms with Crippen LogP contribution < -0.4 is 0 Å². The number of hydrogen-bond acceptors (Lipinski definition) is 0. The topological polar surface area (TPSA) is 0 Å². The van der Waals surface area contributed by atoms with E-state index in [0.717, 1.165) is 12.8 Å². The third-order valence-corrected chi connectivity index (χ3v) is 27.2. The summed E-state index contributed by atoms with van der Waals surface area (Å²) < 4.78 is 0. The van der Waals surface area contributed by atoms with Crippen LogP contribution in [0, 0.1) is 83.1 Å². The molecule has 0 bridgehead atoms. The van der Waals surface area contributed by atoms with E-state index in [2.05, 4.69) is 306 Å². The van der Waals surface area contributed by atoms with Gasteiger partial charge in [-0.1, -0.05) is 268 Å². The van der Waals surface area contributed by atoms with Crippen molar-refractivity contribution in [1.29, 1.82) is 0 Å². The molecule has 0 saturated heterocycles. The van der Waals surface area contributed by atoms with E-state index in [-0.39, 0.29) is 10.8 Å². The van der Waals surface area contributed by atoms with Crippen molar-refractivity contribution in [3.63, 3.8) is 0 Å². The van der Waals surface area contributed by atoms with Gasteiger partial charge < -0.3 is 0 Å². The standard InChI is InChI=1S/C44H52Si.C25H33ClSi.C19H20/c1-25-14-26(2)17-33(16-25)35-20-29(5)21-38-36(35)22-30(6)42(38)45(12,13)43-31(7)23-37-39(43)24-40(44(9,10)11)32(8)41(37)34-18-27(3)15-28(4)19-34;1-15-10-16(2)12-19(11-15)23-18(4)22(25(5,6)7)14-21-20(23)13-17(3)24(21)27(8,9)26;1-12-5-13(2)7-16(6-12)18-10-14(3)8-17-9-15(4)11-19(17)18/h14-24,42-43H,1-13H3;10-12,14H,13H2,1-9H3;5-10H,11H2,1-4H3. The summed E-state index contributed by atoms with van der Waals surface area (Å²) in [5.41, 5.74) is 49.3. The van der Waals surface area contributed by atoms with E-state index < -0.39 is 15.5 Å². The van der Waals surface area contributed by atoms with Crippen molar-refractivity contribution in [2.75, 3.05) is 0 Å². The van der Waals surface area contributed by atoms with E-state index in [4.69, 9.17) is 11.1 Å². The van der Waals surface area contributed by atoms with E-state index in [1.54, 1.807) is 16.7 Å². The zero-order chi connectivity index (χ0) is 66.6. The molecule has 0 fully saturated rings. The Morgan fingerprint density at radius 3 is 1.22 bits per heavy atom. The summed E-state index contributed by atoms with van der Waals surface area (Å²) in [5, 5.41) is 1.45. The Morgan fingerprint density at radius 1 is 0.363 bits per heavy atom. The first-order valence-electron chi connectivity index (χ1n) is 33.7. The fourth-order valence-electron chi connectivity index (χ4n) is 17.4. The molecular weight excluding hydrogens is 1150 g/mol. The highest BCUT2D eigenvalue weighted by Crippen LogP contribution is 2.56. The summed E-state index contributed by atoms with van der Waals surface area (Å²) in [6.07, 6.45) is 9.55. The molecule has 12 rings (SSSR count). The molecule has 0 aromatic heterocycles. The van der Waals surface area contributed by atoms with Gasteiger partial charge in [0.15, 0.2) is 7.38 Å². The van der Waals surface area contributed by atoms with Gasteiger partial charge in [-0.15, -0.1) is 0 Å². The van der Waals surface area contributed by atoms with Gasteiger partial charge in [-0.25, -0.2) is 0 Å². The third-order valence-electron chi connectivity index (χ3n) is 20.2. The normalized spacial score (nSPS) is 15.9. The third kappa shape index (κ3) is 13.4. The van der Waals surface area contributed by atoms with Gasteiger partial charge in [0.25, 0.3) is 0 Å². The smallest absolute Gasteiger partial charge is 0.161 e. The van der Waals surface area contributed by atoms with Crippen LogP contribution in [-0.2, 0) is 23.7 Å². The fraction of sp³-hybridized carbons (Fsp3) is 0.364. The molecule has 0 nitrogen and oxygen atoms in total. The summed E-state index contributed by atoms with van der Waals surface area (Å²) in [6, 6.07) is 42.6. The molecule has 3 heteroatoms. The molecule has 0 spiro atoms. The average Bonchev–Trinajstić information content (AvgIpc) is 1.60. The highest BCUT2D eigenvalue weighted by atomic mass is 35.6. The SMILES string of the molecule is CC1=C([Si](C)(C)Cl)c2cc(C(C)(C)C)c(C)c(-c3cc(C)cc(C)c3)c2C1.CC1=Cc2c(-c3cc(C)cc(C)c3)cc(C)cc2C1[Si](C)(C)C1C(C)=Cc2c1cc(C(C)(C)C)c(C)c2-c1cc(C)cc(C)c1.CC1=Cc2cc(C)cc(-c3cc(C)cc(C)c3)c2C1. The lowest BCUT2D eigenvalue weighted by Crippen LogP contribution is -2.42. The van der Waals surface area contributed by atoms with Gasteiger partial charge in [0.2, 0.25) is 0 Å². The second-order valence-corrected chi connectivity index (χ2v) is 43.1. The Morgan fingerprint density at radius 2 is 0.747 bits per heavy atom. The largest absolute Gasteiger partial charge is 0.181 e. The lowest BCUT2D eigenvalue weighted by molar-refractivity contribution is 0.585. The number of benzene rings is 8. The minimum atomic E-state index is -2.02. The summed E-state index contributed by atoms with van der Waals surface area (Å²) in [5.74, 6) is 0. The minimum Gasteiger partial charge on any atom is -0.161 e. The second kappa shape index (κ2) is 24.7. The number of fused-ring (bicyclic) bond motifs is 4. The summed E-state index contributed by atoms with van der Waals surface area (Å²) in [4.78, 5) is 0. The summed E-state index contributed by atoms with van der Waals surface area (Å²) in [7, 11) is -3.95. The maximum Gasteiger partial charge on any atom is 0.181 e. The molecule has 4 aliphatic rings. The lowest BCUT2D eigenvalue weighted by atomic mass is 9.78. The maximum absolute atomic E-state index is 7.00. The fourth-order valence-corrected chi connectivity index (χ4v) is 25.1. The van der Waals surface area contributed by atoms with Gasteiger partial charge in [0, 0.05) is 11.1 Å². The molecule has 8 aromatic rings. The number of rotatable bonds is 7. The van der Waals surface area contributed by atoms with Crippen molar-refractivity contribution < 1.29 is 0 Å². The minimum absolute atomic E-state index is 0.0627. The number of hydrogen-bond donors (Lipinski definition) is 0. The number of halogens is 1. The Balaban J connectivity index is 0.000000167. The van der Waals surface area contributed by atoms with Gasteiger partial charge in [0.05, 0.1) is 8.07 Å². The van der Waals surface area contributed by atoms with E-state index in [1.165, 1.54) is 178 Å². The molecule has 2 atom stereocenters. The Kier molecular flexibility index (Phi) is 18.3. The van der Waals surface area contributed by atoms with Crippen molar-refractivity contribution in [1.82, 2.24) is 0 Å². The van der Waals surface area contributed by atoms with Gasteiger partial charge in [-0.2, -0.15) is 11.1 Å². The first-order chi connectivity index (χ1) is 42.3. The van der Waals surface area contributed by atoms with Crippen molar-refractivity contribution in [2.24, 2.45) is 0 Å². The van der Waals surface area contributed by atoms with Crippen LogP contribution in [0.5, 0.6) is 0 Å². The van der Waals surface area contributed by atoms with E-state index in [1.807, 2.05) is 0 Å². The van der Waals surface area contributed by atoms with Crippen LogP contribution in [-0.4, -0.2) is 15.5 Å². The molecule has 0 amide bonds. The second-order valence-electron chi connectivity index (χ2n) is 32.0. The van der Waals surface area contributed by atoms with Gasteiger partial charge in [0.1, 0.15) is 0 Å². The number of aryl methyl sites for hydroxylation is 10. The van der Waals surface area contributed by atoms with Crippen LogP contribution in [0.25, 0.3) is 67.9 Å². The van der Waals surface area contributed by atoms with E-state index in [0.29, 0.717) is 11.1 Å². The average molecular weight is 1250 g/mol. The predicted octanol–water partition coefficient (Wildman–Crippen LogP) is 25.8. The van der Waals surface area contributed by atoms with Gasteiger partial charge in [-0.3, -0.25) is 0 Å². The first kappa shape index (κ1) is 67.3. The lowest BCUT2D eigenvalue weighted by Gasteiger charge is -2.40. The van der Waals surface area contributed by atoms with Gasteiger partial charge in [-0.05, 0) is 256 Å². The van der Waals surface area contributed by atoms with Crippen molar-refractivity contribution >= 4 is 50.0 Å². The van der Waals surface area contributed by atoms with Crippen LogP contribution in [0.3, 0.4) is 0 Å². The zero-order valence-electron chi connectivity index (χ0n) is 60.6. The Hall–Kier alpha value is -6.56. The molecule has 2 unspecified atom stereocenters. The molecule has 472 valence electrons. The van der Waals surface area contributed by atoms with Crippen LogP contribution in [0.4, 0.5) is 0 Å². The summed E-state index contributed by atoms with van der Waals surface area (Å²) in [6.45, 7) is 60.1. The first-order valence-corrected chi connectivity index (χ1v) is 40.9. The Labute approximate surface area is 557 Å². The molecule has 0 aliphatic heterocycles. The van der Waals surface area contributed by atoms with E-state index in [9.17, 15) is 0 Å². The molecule has 0 heterocycles. The molecule has 4 aliphatic carbocycles. The molecule has 8 aromatic carbocycles. The van der Waals surface area contributed by atoms with Crippen LogP contribution in [0.15, 0.2) is 131 Å². The van der Waals surface area contributed by atoms with Crippen LogP contribution in [0.2, 0.25) is 26.2 Å². The maximum atomic E-state index is 7.00. The van der Waals surface area contributed by atoms with Crippen LogP contribution in [0.1, 0.15) is 203 Å². The monoisotopic (exact) mass is 1250 g/mol. The molecule has 0 saturated carbocycles. The van der Waals surface area contributed by atoms with Crippen molar-refractivity contribution in [2.45, 2.75) is 213 Å². The molecule has 91 heavy (non-hydrogen) atoms. The molecule has 0 N–H and O–H groups in total. The summed E-state index contributed by atoms with van der Waals surface area (Å²) >= 11 is 7.00. The molecular formula is C88H105ClSi2. The zero-order valence-corrected chi connectivity index (χ0v) is 63.3. The quantitative estimate of drug-likeness (QED) is 0.110. The van der Waals surface area contributed by atoms with Crippen molar-refractivity contribution in [3.05, 3.63) is 254 Å². The van der Waals surface area contributed by atoms with Crippen LogP contribution >= 0.6 is 11.1 Å². The highest BCUT2D eigenvalue weighted by molar-refractivity contribution is 7.29. The Bertz CT molecular complexity index is 4340. The van der Waals surface area contributed by atoms with Crippen molar-refractivity contribution in [3.8, 4) is 44.5 Å². The number of allylic oxidation sites excluding steroid dienone is 4. The van der Waals surface area contributed by atoms with Gasteiger partial charge >= 0.3 is 0 Å². The predicted molar refractivity (Wildman–Crippen MR) is 409 cm³/mol. The molecule has 0 radical (unpaired) electrons. The van der Waals surface area contributed by atoms with E-state index >= 15 is 0 Å².